The quantitative estimate of drug-likeness (QED) is 0.446. The predicted molar refractivity (Wildman–Crippen MR) is 119 cm³/mol. The zero-order valence-electron chi connectivity index (χ0n) is 16.7. The van der Waals surface area contributed by atoms with Crippen LogP contribution in [0.2, 0.25) is 0 Å². The van der Waals surface area contributed by atoms with Gasteiger partial charge in [0.2, 0.25) is 5.95 Å². The lowest BCUT2D eigenvalue weighted by Gasteiger charge is -2.13. The molecule has 30 heavy (non-hydrogen) atoms. The van der Waals surface area contributed by atoms with Gasteiger partial charge in [0.05, 0.1) is 25.0 Å². The lowest BCUT2D eigenvalue weighted by Crippen LogP contribution is -2.09. The summed E-state index contributed by atoms with van der Waals surface area (Å²) in [5, 5.41) is 6.68. The van der Waals surface area contributed by atoms with Gasteiger partial charge in [-0.05, 0) is 18.2 Å². The Morgan fingerprint density at radius 1 is 0.800 bits per heavy atom. The van der Waals surface area contributed by atoms with Crippen molar-refractivity contribution in [3.8, 4) is 17.0 Å². The molecule has 6 heteroatoms. The molecule has 2 aromatic carbocycles. The van der Waals surface area contributed by atoms with Crippen LogP contribution in [0.4, 0.5) is 11.8 Å². The molecule has 2 N–H and O–H groups in total. The molecule has 0 aliphatic rings. The molecule has 0 fully saturated rings. The second kappa shape index (κ2) is 9.52. The van der Waals surface area contributed by atoms with Gasteiger partial charge in [-0.25, -0.2) is 4.98 Å². The summed E-state index contributed by atoms with van der Waals surface area (Å²) in [6.07, 6.45) is 1.78. The summed E-state index contributed by atoms with van der Waals surface area (Å²) in [7, 11) is 1.68. The van der Waals surface area contributed by atoms with E-state index in [1.54, 1.807) is 13.3 Å². The Labute approximate surface area is 176 Å². The van der Waals surface area contributed by atoms with E-state index in [9.17, 15) is 0 Å². The fourth-order valence-electron chi connectivity index (χ4n) is 3.08. The monoisotopic (exact) mass is 397 g/mol. The maximum absolute atomic E-state index is 5.45. The minimum atomic E-state index is 0.546. The third kappa shape index (κ3) is 4.91. The largest absolute Gasteiger partial charge is 0.496 e. The molecule has 2 heterocycles. The van der Waals surface area contributed by atoms with E-state index in [1.165, 1.54) is 0 Å². The van der Waals surface area contributed by atoms with E-state index in [0.29, 0.717) is 19.0 Å². The van der Waals surface area contributed by atoms with Crippen molar-refractivity contribution in [1.29, 1.82) is 0 Å². The molecule has 0 atom stereocenters. The van der Waals surface area contributed by atoms with Crippen LogP contribution < -0.4 is 15.4 Å². The van der Waals surface area contributed by atoms with Gasteiger partial charge in [-0.2, -0.15) is 4.98 Å². The van der Waals surface area contributed by atoms with Crippen LogP contribution in [0.5, 0.6) is 5.75 Å². The maximum atomic E-state index is 5.45. The van der Waals surface area contributed by atoms with Crippen LogP contribution in [0.3, 0.4) is 0 Å². The number of nitrogens with zero attached hydrogens (tertiary/aromatic N) is 3. The molecule has 0 spiro atoms. The van der Waals surface area contributed by atoms with E-state index < -0.39 is 0 Å². The van der Waals surface area contributed by atoms with Crippen LogP contribution in [0.25, 0.3) is 11.3 Å². The predicted octanol–water partition coefficient (Wildman–Crippen LogP) is 4.77. The second-order valence-electron chi connectivity index (χ2n) is 6.67. The van der Waals surface area contributed by atoms with E-state index >= 15 is 0 Å². The molecule has 2 aromatic heterocycles. The molecule has 0 aliphatic carbocycles. The smallest absolute Gasteiger partial charge is 0.225 e. The molecule has 0 saturated heterocycles. The van der Waals surface area contributed by atoms with Gasteiger partial charge in [0.25, 0.3) is 0 Å². The van der Waals surface area contributed by atoms with E-state index in [2.05, 4.69) is 20.6 Å². The molecule has 0 aliphatic heterocycles. The van der Waals surface area contributed by atoms with Gasteiger partial charge in [-0.15, -0.1) is 0 Å². The van der Waals surface area contributed by atoms with Gasteiger partial charge < -0.3 is 15.4 Å². The van der Waals surface area contributed by atoms with E-state index in [0.717, 1.165) is 34.1 Å². The second-order valence-corrected chi connectivity index (χ2v) is 6.67. The highest BCUT2D eigenvalue weighted by Gasteiger charge is 2.08. The van der Waals surface area contributed by atoms with Crippen molar-refractivity contribution in [3.63, 3.8) is 0 Å². The van der Waals surface area contributed by atoms with Crippen molar-refractivity contribution in [2.24, 2.45) is 0 Å². The third-order valence-corrected chi connectivity index (χ3v) is 4.60. The number of aromatic nitrogens is 3. The van der Waals surface area contributed by atoms with Crippen molar-refractivity contribution in [3.05, 3.63) is 96.3 Å². The molecule has 4 rings (SSSR count). The number of ether oxygens (including phenoxy) is 1. The number of methoxy groups -OCH3 is 1. The molecule has 6 nitrogen and oxygen atoms in total. The summed E-state index contributed by atoms with van der Waals surface area (Å²) in [4.78, 5) is 13.7. The standard InChI is InChI=1S/C24H23N5O/c1-30-22-13-6-5-11-19(22)16-26-23-15-21(18-9-3-2-4-10-18)28-24(29-23)27-17-20-12-7-8-14-25-20/h2-15H,16-17H2,1H3,(H2,26,27,28,29). The highest BCUT2D eigenvalue weighted by Crippen LogP contribution is 2.23. The lowest BCUT2D eigenvalue weighted by atomic mass is 10.1. The normalized spacial score (nSPS) is 10.4. The molecule has 0 saturated carbocycles. The summed E-state index contributed by atoms with van der Waals surface area (Å²) in [5.41, 5.74) is 3.86. The molecular formula is C24H23N5O. The SMILES string of the molecule is COc1ccccc1CNc1cc(-c2ccccc2)nc(NCc2ccccn2)n1. The lowest BCUT2D eigenvalue weighted by molar-refractivity contribution is 0.410. The van der Waals surface area contributed by atoms with E-state index in [4.69, 9.17) is 9.72 Å². The van der Waals surface area contributed by atoms with Gasteiger partial charge in [-0.3, -0.25) is 4.98 Å². The molecule has 0 unspecified atom stereocenters. The Hall–Kier alpha value is -3.93. The van der Waals surface area contributed by atoms with Crippen molar-refractivity contribution in [2.75, 3.05) is 17.7 Å². The Bertz CT molecular complexity index is 1090. The van der Waals surface area contributed by atoms with E-state index in [1.807, 2.05) is 78.9 Å². The Morgan fingerprint density at radius 3 is 2.40 bits per heavy atom. The average Bonchev–Trinajstić information content (AvgIpc) is 2.83. The number of anilines is 2. The van der Waals surface area contributed by atoms with E-state index in [-0.39, 0.29) is 0 Å². The number of nitrogens with one attached hydrogen (secondary N) is 2. The molecule has 150 valence electrons. The number of para-hydroxylation sites is 1. The number of benzene rings is 2. The summed E-state index contributed by atoms with van der Waals surface area (Å²) >= 11 is 0. The first kappa shape index (κ1) is 19.4. The van der Waals surface area contributed by atoms with Crippen LogP contribution >= 0.6 is 0 Å². The van der Waals surface area contributed by atoms with Crippen molar-refractivity contribution in [2.45, 2.75) is 13.1 Å². The van der Waals surface area contributed by atoms with Gasteiger partial charge in [-0.1, -0.05) is 54.6 Å². The first-order chi connectivity index (χ1) is 14.8. The summed E-state index contributed by atoms with van der Waals surface area (Å²) in [6.45, 7) is 1.14. The van der Waals surface area contributed by atoms with Crippen molar-refractivity contribution in [1.82, 2.24) is 15.0 Å². The van der Waals surface area contributed by atoms with Gasteiger partial charge in [0.1, 0.15) is 11.6 Å². The molecule has 4 aromatic rings. The highest BCUT2D eigenvalue weighted by molar-refractivity contribution is 5.64. The zero-order chi connectivity index (χ0) is 20.6. The highest BCUT2D eigenvalue weighted by atomic mass is 16.5. The van der Waals surface area contributed by atoms with Crippen molar-refractivity contribution >= 4 is 11.8 Å². The van der Waals surface area contributed by atoms with Crippen LogP contribution in [-0.4, -0.2) is 22.1 Å². The fourth-order valence-corrected chi connectivity index (χ4v) is 3.08. The molecule has 0 radical (unpaired) electrons. The fraction of sp³-hybridized carbons (Fsp3) is 0.125. The Balaban J connectivity index is 1.58. The topological polar surface area (TPSA) is 72.0 Å². The van der Waals surface area contributed by atoms with Gasteiger partial charge >= 0.3 is 0 Å². The average molecular weight is 397 g/mol. The van der Waals surface area contributed by atoms with Gasteiger partial charge in [0, 0.05) is 29.9 Å². The van der Waals surface area contributed by atoms with Crippen LogP contribution in [0.1, 0.15) is 11.3 Å². The summed E-state index contributed by atoms with van der Waals surface area (Å²) < 4.78 is 5.45. The minimum absolute atomic E-state index is 0.546. The first-order valence-electron chi connectivity index (χ1n) is 9.76. The number of pyridine rings is 1. The first-order valence-corrected chi connectivity index (χ1v) is 9.76. The molecule has 0 bridgehead atoms. The zero-order valence-corrected chi connectivity index (χ0v) is 16.7. The molecule has 0 amide bonds. The Morgan fingerprint density at radius 2 is 1.60 bits per heavy atom. The number of rotatable bonds is 8. The summed E-state index contributed by atoms with van der Waals surface area (Å²) in [5.74, 6) is 2.12. The third-order valence-electron chi connectivity index (χ3n) is 4.60. The van der Waals surface area contributed by atoms with Crippen LogP contribution in [0, 0.1) is 0 Å². The van der Waals surface area contributed by atoms with Crippen molar-refractivity contribution < 1.29 is 4.74 Å². The van der Waals surface area contributed by atoms with Crippen LogP contribution in [-0.2, 0) is 13.1 Å². The minimum Gasteiger partial charge on any atom is -0.496 e. The number of hydrogen-bond acceptors (Lipinski definition) is 6. The Kier molecular flexibility index (Phi) is 6.15. The van der Waals surface area contributed by atoms with Crippen LogP contribution in [0.15, 0.2) is 85.1 Å². The van der Waals surface area contributed by atoms with Gasteiger partial charge in [0.15, 0.2) is 0 Å². The molecular weight excluding hydrogens is 374 g/mol. The summed E-state index contributed by atoms with van der Waals surface area (Å²) in [6, 6.07) is 25.8. The number of hydrogen-bond donors (Lipinski definition) is 2. The maximum Gasteiger partial charge on any atom is 0.225 e.